The molecule has 4 nitrogen and oxygen atoms in total. The molecule has 1 aliphatic heterocycles. The van der Waals surface area contributed by atoms with E-state index in [-0.39, 0.29) is 5.97 Å². The summed E-state index contributed by atoms with van der Waals surface area (Å²) < 4.78 is 10.1. The summed E-state index contributed by atoms with van der Waals surface area (Å²) in [6.07, 6.45) is 1.93. The molecule has 0 unspecified atom stereocenters. The molecule has 1 aliphatic rings. The average Bonchev–Trinajstić information content (AvgIpc) is 2.71. The molecule has 1 aromatic heterocycles. The van der Waals surface area contributed by atoms with Crippen molar-refractivity contribution in [3.63, 3.8) is 0 Å². The quantitative estimate of drug-likeness (QED) is 0.744. The minimum atomic E-state index is -0.328. The number of nitrogens with zero attached hydrogens (tertiary/aromatic N) is 1. The van der Waals surface area contributed by atoms with Crippen molar-refractivity contribution in [3.05, 3.63) is 15.6 Å². The number of rotatable bonds is 2. The number of thiazole rings is 1. The maximum atomic E-state index is 11.6. The fourth-order valence-electron chi connectivity index (χ4n) is 1.92. The number of esters is 1. The highest BCUT2D eigenvalue weighted by Crippen LogP contribution is 2.33. The third-order valence-corrected chi connectivity index (χ3v) is 3.86. The van der Waals surface area contributed by atoms with Gasteiger partial charge in [-0.1, -0.05) is 0 Å². The summed E-state index contributed by atoms with van der Waals surface area (Å²) in [4.78, 5) is 16.9. The van der Waals surface area contributed by atoms with E-state index in [1.165, 1.54) is 7.11 Å². The van der Waals surface area contributed by atoms with Crippen molar-refractivity contribution >= 4 is 17.3 Å². The van der Waals surface area contributed by atoms with Crippen molar-refractivity contribution in [2.75, 3.05) is 20.3 Å². The Balaban J connectivity index is 2.27. The van der Waals surface area contributed by atoms with Crippen LogP contribution in [0.15, 0.2) is 0 Å². The van der Waals surface area contributed by atoms with Gasteiger partial charge in [-0.15, -0.1) is 11.3 Å². The van der Waals surface area contributed by atoms with Crippen LogP contribution in [0.5, 0.6) is 0 Å². The van der Waals surface area contributed by atoms with Gasteiger partial charge in [0.1, 0.15) is 0 Å². The highest BCUT2D eigenvalue weighted by molar-refractivity contribution is 7.12. The summed E-state index contributed by atoms with van der Waals surface area (Å²) in [5, 5.41) is 0.918. The average molecular weight is 241 g/mol. The van der Waals surface area contributed by atoms with Crippen LogP contribution < -0.4 is 0 Å². The van der Waals surface area contributed by atoms with Gasteiger partial charge in [0.25, 0.3) is 0 Å². The Labute approximate surface area is 98.6 Å². The van der Waals surface area contributed by atoms with Gasteiger partial charge in [0.05, 0.1) is 12.1 Å². The van der Waals surface area contributed by atoms with Crippen LogP contribution >= 0.6 is 11.3 Å². The normalized spacial score (nSPS) is 17.4. The standard InChI is InChI=1S/C11H15NO3S/c1-7-12-9(11(13)14-2)10(16-7)8-3-5-15-6-4-8/h8H,3-6H2,1-2H3. The lowest BCUT2D eigenvalue weighted by Crippen LogP contribution is -2.16. The molecule has 5 heteroatoms. The lowest BCUT2D eigenvalue weighted by Gasteiger charge is -2.21. The SMILES string of the molecule is COC(=O)c1nc(C)sc1C1CCOCC1. The molecule has 0 aromatic carbocycles. The molecular weight excluding hydrogens is 226 g/mol. The zero-order valence-corrected chi connectivity index (χ0v) is 10.3. The minimum Gasteiger partial charge on any atom is -0.464 e. The molecule has 0 aliphatic carbocycles. The van der Waals surface area contributed by atoms with Crippen molar-refractivity contribution in [2.24, 2.45) is 0 Å². The number of hydrogen-bond acceptors (Lipinski definition) is 5. The Bertz CT molecular complexity index is 383. The van der Waals surface area contributed by atoms with Gasteiger partial charge < -0.3 is 9.47 Å². The zero-order valence-electron chi connectivity index (χ0n) is 9.49. The summed E-state index contributed by atoms with van der Waals surface area (Å²) in [6, 6.07) is 0. The molecule has 16 heavy (non-hydrogen) atoms. The first kappa shape index (κ1) is 11.5. The van der Waals surface area contributed by atoms with E-state index in [1.54, 1.807) is 11.3 Å². The fourth-order valence-corrected chi connectivity index (χ4v) is 3.01. The molecule has 1 aromatic rings. The summed E-state index contributed by atoms with van der Waals surface area (Å²) in [6.45, 7) is 3.45. The van der Waals surface area contributed by atoms with Gasteiger partial charge >= 0.3 is 5.97 Å². The lowest BCUT2D eigenvalue weighted by atomic mass is 9.97. The van der Waals surface area contributed by atoms with Gasteiger partial charge in [0.2, 0.25) is 0 Å². The maximum absolute atomic E-state index is 11.6. The topological polar surface area (TPSA) is 48.4 Å². The van der Waals surface area contributed by atoms with Gasteiger partial charge in [-0.3, -0.25) is 0 Å². The van der Waals surface area contributed by atoms with Gasteiger partial charge in [-0.05, 0) is 19.8 Å². The summed E-state index contributed by atoms with van der Waals surface area (Å²) >= 11 is 1.60. The summed E-state index contributed by atoms with van der Waals surface area (Å²) in [5.74, 6) is 0.0693. The second kappa shape index (κ2) is 4.93. The molecule has 0 radical (unpaired) electrons. The Morgan fingerprint density at radius 3 is 2.81 bits per heavy atom. The van der Waals surface area contributed by atoms with Crippen LogP contribution in [-0.4, -0.2) is 31.3 Å². The van der Waals surface area contributed by atoms with Crippen LogP contribution in [0.3, 0.4) is 0 Å². The minimum absolute atomic E-state index is 0.328. The molecular formula is C11H15NO3S. The van der Waals surface area contributed by atoms with Gasteiger partial charge in [-0.25, -0.2) is 9.78 Å². The molecule has 0 amide bonds. The zero-order chi connectivity index (χ0) is 11.5. The lowest BCUT2D eigenvalue weighted by molar-refractivity contribution is 0.0587. The molecule has 0 N–H and O–H groups in total. The number of aryl methyl sites for hydroxylation is 1. The smallest absolute Gasteiger partial charge is 0.357 e. The van der Waals surface area contributed by atoms with Gasteiger partial charge in [0, 0.05) is 24.0 Å². The van der Waals surface area contributed by atoms with Crippen LogP contribution in [0.2, 0.25) is 0 Å². The van der Waals surface area contributed by atoms with Crippen molar-refractivity contribution in [1.29, 1.82) is 0 Å². The monoisotopic (exact) mass is 241 g/mol. The fraction of sp³-hybridized carbons (Fsp3) is 0.636. The maximum Gasteiger partial charge on any atom is 0.357 e. The molecule has 0 spiro atoms. The van der Waals surface area contributed by atoms with Gasteiger partial charge in [0.15, 0.2) is 5.69 Å². The number of carbonyl (C=O) groups is 1. The Morgan fingerprint density at radius 2 is 2.19 bits per heavy atom. The van der Waals surface area contributed by atoms with Gasteiger partial charge in [-0.2, -0.15) is 0 Å². The first-order chi connectivity index (χ1) is 7.72. The molecule has 0 atom stereocenters. The van der Waals surface area contributed by atoms with Crippen molar-refractivity contribution < 1.29 is 14.3 Å². The van der Waals surface area contributed by atoms with Crippen LogP contribution in [0.4, 0.5) is 0 Å². The number of carbonyl (C=O) groups excluding carboxylic acids is 1. The Hall–Kier alpha value is -0.940. The van der Waals surface area contributed by atoms with E-state index in [1.807, 2.05) is 6.92 Å². The summed E-state index contributed by atoms with van der Waals surface area (Å²) in [5.41, 5.74) is 0.497. The first-order valence-corrected chi connectivity index (χ1v) is 6.17. The molecule has 2 rings (SSSR count). The predicted molar refractivity (Wildman–Crippen MR) is 61.0 cm³/mol. The highest BCUT2D eigenvalue weighted by atomic mass is 32.1. The van der Waals surface area contributed by atoms with E-state index < -0.39 is 0 Å². The van der Waals surface area contributed by atoms with Crippen LogP contribution in [0.1, 0.15) is 39.1 Å². The molecule has 2 heterocycles. The molecule has 0 bridgehead atoms. The number of aromatic nitrogens is 1. The highest BCUT2D eigenvalue weighted by Gasteiger charge is 2.25. The third kappa shape index (κ3) is 2.25. The molecule has 0 saturated carbocycles. The van der Waals surface area contributed by atoms with E-state index in [9.17, 15) is 4.79 Å². The van der Waals surface area contributed by atoms with Crippen LogP contribution in [-0.2, 0) is 9.47 Å². The van der Waals surface area contributed by atoms with E-state index in [0.717, 1.165) is 35.9 Å². The number of hydrogen-bond donors (Lipinski definition) is 0. The van der Waals surface area contributed by atoms with E-state index in [2.05, 4.69) is 4.98 Å². The molecule has 1 saturated heterocycles. The van der Waals surface area contributed by atoms with Crippen molar-refractivity contribution in [2.45, 2.75) is 25.7 Å². The van der Waals surface area contributed by atoms with Crippen molar-refractivity contribution in [3.8, 4) is 0 Å². The van der Waals surface area contributed by atoms with Crippen LogP contribution in [0.25, 0.3) is 0 Å². The second-order valence-corrected chi connectivity index (χ2v) is 5.06. The Morgan fingerprint density at radius 1 is 1.50 bits per heavy atom. The van der Waals surface area contributed by atoms with E-state index in [0.29, 0.717) is 11.6 Å². The van der Waals surface area contributed by atoms with E-state index >= 15 is 0 Å². The van der Waals surface area contributed by atoms with E-state index in [4.69, 9.17) is 9.47 Å². The summed E-state index contributed by atoms with van der Waals surface area (Å²) in [7, 11) is 1.39. The number of ether oxygens (including phenoxy) is 2. The van der Waals surface area contributed by atoms with Crippen LogP contribution in [0, 0.1) is 6.92 Å². The third-order valence-electron chi connectivity index (χ3n) is 2.73. The second-order valence-electron chi connectivity index (χ2n) is 3.82. The predicted octanol–water partition coefficient (Wildman–Crippen LogP) is 2.13. The van der Waals surface area contributed by atoms with Crippen molar-refractivity contribution in [1.82, 2.24) is 4.98 Å². The number of methoxy groups -OCH3 is 1. The first-order valence-electron chi connectivity index (χ1n) is 5.35. The Kier molecular flexibility index (Phi) is 3.56. The molecule has 1 fully saturated rings. The largest absolute Gasteiger partial charge is 0.464 e. The molecule has 88 valence electrons.